The lowest BCUT2D eigenvalue weighted by atomic mass is 10.1. The molecule has 0 aliphatic carbocycles. The summed E-state index contributed by atoms with van der Waals surface area (Å²) in [5.74, 6) is -0.138. The average molecular weight is 280 g/mol. The third kappa shape index (κ3) is 3.09. The van der Waals surface area contributed by atoms with Crippen molar-refractivity contribution in [2.24, 2.45) is 5.73 Å². The molecule has 0 bridgehead atoms. The fourth-order valence-electron chi connectivity index (χ4n) is 2.04. The van der Waals surface area contributed by atoms with Crippen molar-refractivity contribution in [1.29, 1.82) is 0 Å². The standard InChI is InChI=1S/C13H16N2O3S/c14-12(19)9-2-1-3-10(6-9)13(17)15-4-5-18-8-11(15)7-16/h1-3,6,11,16H,4-5,7-8H2,(H2,14,19). The van der Waals surface area contributed by atoms with Crippen molar-refractivity contribution in [3.8, 4) is 0 Å². The van der Waals surface area contributed by atoms with Crippen LogP contribution in [-0.2, 0) is 4.74 Å². The summed E-state index contributed by atoms with van der Waals surface area (Å²) in [7, 11) is 0. The predicted molar refractivity (Wildman–Crippen MR) is 75.1 cm³/mol. The van der Waals surface area contributed by atoms with Crippen LogP contribution in [0.2, 0.25) is 0 Å². The van der Waals surface area contributed by atoms with E-state index in [2.05, 4.69) is 0 Å². The van der Waals surface area contributed by atoms with Gasteiger partial charge in [0.15, 0.2) is 0 Å². The monoisotopic (exact) mass is 280 g/mol. The summed E-state index contributed by atoms with van der Waals surface area (Å²) in [5.41, 5.74) is 6.74. The number of carbonyl (C=O) groups excluding carboxylic acids is 1. The number of rotatable bonds is 3. The number of amides is 1. The Kier molecular flexibility index (Phi) is 4.47. The zero-order chi connectivity index (χ0) is 13.8. The summed E-state index contributed by atoms with van der Waals surface area (Å²) in [6, 6.07) is 6.61. The van der Waals surface area contributed by atoms with E-state index < -0.39 is 0 Å². The topological polar surface area (TPSA) is 75.8 Å². The van der Waals surface area contributed by atoms with Gasteiger partial charge in [0.05, 0.1) is 25.9 Å². The Morgan fingerprint density at radius 3 is 2.95 bits per heavy atom. The van der Waals surface area contributed by atoms with Gasteiger partial charge in [-0.25, -0.2) is 0 Å². The number of hydrogen-bond acceptors (Lipinski definition) is 4. The lowest BCUT2D eigenvalue weighted by molar-refractivity contribution is -0.0183. The highest BCUT2D eigenvalue weighted by molar-refractivity contribution is 7.80. The molecule has 1 unspecified atom stereocenters. The molecule has 5 nitrogen and oxygen atoms in total. The van der Waals surface area contributed by atoms with Crippen molar-refractivity contribution >= 4 is 23.1 Å². The molecule has 0 radical (unpaired) electrons. The van der Waals surface area contributed by atoms with E-state index in [0.29, 0.717) is 30.9 Å². The number of thiocarbonyl (C=S) groups is 1. The maximum absolute atomic E-state index is 12.4. The lowest BCUT2D eigenvalue weighted by Gasteiger charge is -2.34. The minimum Gasteiger partial charge on any atom is -0.394 e. The number of carbonyl (C=O) groups is 1. The molecule has 1 fully saturated rings. The van der Waals surface area contributed by atoms with Crippen molar-refractivity contribution in [2.45, 2.75) is 6.04 Å². The molecule has 0 aromatic heterocycles. The smallest absolute Gasteiger partial charge is 0.254 e. The first-order chi connectivity index (χ1) is 9.13. The van der Waals surface area contributed by atoms with E-state index in [1.165, 1.54) is 0 Å². The van der Waals surface area contributed by atoms with Crippen molar-refractivity contribution in [3.05, 3.63) is 35.4 Å². The zero-order valence-corrected chi connectivity index (χ0v) is 11.2. The van der Waals surface area contributed by atoms with Crippen LogP contribution >= 0.6 is 12.2 Å². The van der Waals surface area contributed by atoms with Crippen LogP contribution in [0.1, 0.15) is 15.9 Å². The van der Waals surface area contributed by atoms with E-state index in [4.69, 9.17) is 22.7 Å². The summed E-state index contributed by atoms with van der Waals surface area (Å²) in [6.07, 6.45) is 0. The molecule has 1 aliphatic heterocycles. The highest BCUT2D eigenvalue weighted by atomic mass is 32.1. The van der Waals surface area contributed by atoms with E-state index in [1.807, 2.05) is 0 Å². The van der Waals surface area contributed by atoms with Gasteiger partial charge in [-0.05, 0) is 12.1 Å². The fourth-order valence-corrected chi connectivity index (χ4v) is 2.17. The quantitative estimate of drug-likeness (QED) is 0.771. The maximum atomic E-state index is 12.4. The molecule has 3 N–H and O–H groups in total. The van der Waals surface area contributed by atoms with E-state index in [-0.39, 0.29) is 23.5 Å². The van der Waals surface area contributed by atoms with Crippen LogP contribution in [-0.4, -0.2) is 53.3 Å². The first kappa shape index (κ1) is 13.9. The normalized spacial score (nSPS) is 19.2. The molecule has 0 spiro atoms. The van der Waals surface area contributed by atoms with E-state index in [0.717, 1.165) is 0 Å². The molecule has 102 valence electrons. The van der Waals surface area contributed by atoms with Crippen molar-refractivity contribution < 1.29 is 14.6 Å². The van der Waals surface area contributed by atoms with Gasteiger partial charge in [-0.3, -0.25) is 4.79 Å². The number of aliphatic hydroxyl groups is 1. The number of ether oxygens (including phenoxy) is 1. The Bertz CT molecular complexity index is 493. The van der Waals surface area contributed by atoms with Crippen LogP contribution in [0, 0.1) is 0 Å². The summed E-state index contributed by atoms with van der Waals surface area (Å²) < 4.78 is 5.26. The van der Waals surface area contributed by atoms with Gasteiger partial charge in [-0.2, -0.15) is 0 Å². The number of hydrogen-bond donors (Lipinski definition) is 2. The molecule has 1 amide bonds. The second-order valence-electron chi connectivity index (χ2n) is 4.35. The molecular formula is C13H16N2O3S. The van der Waals surface area contributed by atoms with Crippen molar-refractivity contribution in [3.63, 3.8) is 0 Å². The lowest BCUT2D eigenvalue weighted by Crippen LogP contribution is -2.50. The summed E-state index contributed by atoms with van der Waals surface area (Å²) in [5, 5.41) is 9.29. The van der Waals surface area contributed by atoms with Crippen LogP contribution < -0.4 is 5.73 Å². The molecule has 19 heavy (non-hydrogen) atoms. The van der Waals surface area contributed by atoms with Gasteiger partial charge < -0.3 is 20.5 Å². The molecule has 1 aromatic carbocycles. The summed E-state index contributed by atoms with van der Waals surface area (Å²) in [4.78, 5) is 14.3. The molecule has 2 rings (SSSR count). The third-order valence-corrected chi connectivity index (χ3v) is 3.33. The molecule has 1 heterocycles. The minimum absolute atomic E-state index is 0.110. The van der Waals surface area contributed by atoms with Gasteiger partial charge in [0.2, 0.25) is 0 Å². The highest BCUT2D eigenvalue weighted by Gasteiger charge is 2.27. The van der Waals surface area contributed by atoms with Gasteiger partial charge in [0, 0.05) is 17.7 Å². The first-order valence-electron chi connectivity index (χ1n) is 6.03. The number of morpholine rings is 1. The third-order valence-electron chi connectivity index (χ3n) is 3.09. The van der Waals surface area contributed by atoms with Crippen LogP contribution in [0.3, 0.4) is 0 Å². The Morgan fingerprint density at radius 1 is 1.53 bits per heavy atom. The molecule has 1 atom stereocenters. The van der Waals surface area contributed by atoms with Gasteiger partial charge in [0.1, 0.15) is 4.99 Å². The number of nitrogens with two attached hydrogens (primary N) is 1. The van der Waals surface area contributed by atoms with E-state index >= 15 is 0 Å². The van der Waals surface area contributed by atoms with E-state index in [9.17, 15) is 9.90 Å². The number of benzene rings is 1. The average Bonchev–Trinajstić information content (AvgIpc) is 2.46. The van der Waals surface area contributed by atoms with Crippen LogP contribution in [0.5, 0.6) is 0 Å². The van der Waals surface area contributed by atoms with E-state index in [1.54, 1.807) is 29.2 Å². The Hall–Kier alpha value is -1.50. The largest absolute Gasteiger partial charge is 0.394 e. The predicted octanol–water partition coefficient (Wildman–Crippen LogP) is 0.154. The van der Waals surface area contributed by atoms with Gasteiger partial charge in [-0.15, -0.1) is 0 Å². The SMILES string of the molecule is NC(=S)c1cccc(C(=O)N2CCOCC2CO)c1. The second kappa shape index (κ2) is 6.10. The first-order valence-corrected chi connectivity index (χ1v) is 6.43. The Morgan fingerprint density at radius 2 is 2.26 bits per heavy atom. The van der Waals surface area contributed by atoms with Crippen LogP contribution in [0.15, 0.2) is 24.3 Å². The molecule has 1 aliphatic rings. The zero-order valence-electron chi connectivity index (χ0n) is 10.4. The molecule has 6 heteroatoms. The highest BCUT2D eigenvalue weighted by Crippen LogP contribution is 2.14. The fraction of sp³-hybridized carbons (Fsp3) is 0.385. The van der Waals surface area contributed by atoms with Gasteiger partial charge in [0.25, 0.3) is 5.91 Å². The Labute approximate surface area is 117 Å². The Balaban J connectivity index is 2.22. The molecule has 0 saturated carbocycles. The summed E-state index contributed by atoms with van der Waals surface area (Å²) >= 11 is 4.90. The van der Waals surface area contributed by atoms with Crippen molar-refractivity contribution in [1.82, 2.24) is 4.90 Å². The molecule has 1 aromatic rings. The molecule has 1 saturated heterocycles. The second-order valence-corrected chi connectivity index (χ2v) is 4.79. The van der Waals surface area contributed by atoms with Crippen LogP contribution in [0.4, 0.5) is 0 Å². The summed E-state index contributed by atoms with van der Waals surface area (Å²) in [6.45, 7) is 1.20. The molecular weight excluding hydrogens is 264 g/mol. The maximum Gasteiger partial charge on any atom is 0.254 e. The van der Waals surface area contributed by atoms with Crippen LogP contribution in [0.25, 0.3) is 0 Å². The number of aliphatic hydroxyl groups excluding tert-OH is 1. The van der Waals surface area contributed by atoms with Crippen molar-refractivity contribution in [2.75, 3.05) is 26.4 Å². The number of nitrogens with zero attached hydrogens (tertiary/aromatic N) is 1. The minimum atomic E-state index is -0.297. The van der Waals surface area contributed by atoms with Gasteiger partial charge in [-0.1, -0.05) is 24.4 Å². The van der Waals surface area contributed by atoms with Gasteiger partial charge >= 0.3 is 0 Å².